The smallest absolute Gasteiger partial charge is 0.145 e. The summed E-state index contributed by atoms with van der Waals surface area (Å²) in [4.78, 5) is 15.3. The summed E-state index contributed by atoms with van der Waals surface area (Å²) >= 11 is 3.97. The fraction of sp³-hybridized carbons (Fsp3) is 0.684. The van der Waals surface area contributed by atoms with Crippen LogP contribution in [0.3, 0.4) is 0 Å². The molecular formula is C19H25N3OS2. The number of morpholine rings is 1. The summed E-state index contributed by atoms with van der Waals surface area (Å²) in [7, 11) is 0. The summed E-state index contributed by atoms with van der Waals surface area (Å²) in [6.45, 7) is 4.51. The molecule has 25 heavy (non-hydrogen) atoms. The van der Waals surface area contributed by atoms with Gasteiger partial charge in [0.15, 0.2) is 0 Å². The summed E-state index contributed by atoms with van der Waals surface area (Å²) in [5.74, 6) is 1.01. The highest BCUT2D eigenvalue weighted by atomic mass is 32.2. The van der Waals surface area contributed by atoms with Crippen LogP contribution in [-0.4, -0.2) is 46.4 Å². The van der Waals surface area contributed by atoms with Crippen LogP contribution in [-0.2, 0) is 24.1 Å². The van der Waals surface area contributed by atoms with E-state index in [0.29, 0.717) is 0 Å². The van der Waals surface area contributed by atoms with Gasteiger partial charge in [0.2, 0.25) is 0 Å². The van der Waals surface area contributed by atoms with Crippen LogP contribution in [0.25, 0.3) is 10.2 Å². The van der Waals surface area contributed by atoms with Crippen LogP contribution >= 0.6 is 23.1 Å². The molecule has 0 spiro atoms. The zero-order valence-electron chi connectivity index (χ0n) is 14.6. The number of fused-ring (bicyclic) bond motifs is 3. The van der Waals surface area contributed by atoms with Crippen molar-refractivity contribution in [1.82, 2.24) is 14.9 Å². The quantitative estimate of drug-likeness (QED) is 0.754. The molecule has 0 atom stereocenters. The fourth-order valence-electron chi connectivity index (χ4n) is 4.28. The van der Waals surface area contributed by atoms with Crippen LogP contribution in [0.1, 0.15) is 48.4 Å². The van der Waals surface area contributed by atoms with E-state index in [2.05, 4.69) is 4.90 Å². The number of hydrogen-bond donors (Lipinski definition) is 0. The van der Waals surface area contributed by atoms with E-state index in [-0.39, 0.29) is 0 Å². The Morgan fingerprint density at radius 1 is 1.08 bits per heavy atom. The van der Waals surface area contributed by atoms with Gasteiger partial charge in [0.25, 0.3) is 0 Å². The molecule has 0 unspecified atom stereocenters. The van der Waals surface area contributed by atoms with E-state index < -0.39 is 0 Å². The highest BCUT2D eigenvalue weighted by Crippen LogP contribution is 2.43. The lowest BCUT2D eigenvalue weighted by atomic mass is 10.2. The third-order valence-corrected chi connectivity index (χ3v) is 8.14. The molecule has 1 aliphatic heterocycles. The zero-order valence-corrected chi connectivity index (χ0v) is 16.3. The molecule has 2 aromatic rings. The molecule has 2 fully saturated rings. The van der Waals surface area contributed by atoms with Gasteiger partial charge in [-0.3, -0.25) is 4.90 Å². The number of rotatable bonds is 4. The van der Waals surface area contributed by atoms with Crippen molar-refractivity contribution in [2.24, 2.45) is 0 Å². The van der Waals surface area contributed by atoms with Crippen LogP contribution in [0.4, 0.5) is 0 Å². The summed E-state index contributed by atoms with van der Waals surface area (Å²) < 4.78 is 5.48. The minimum atomic E-state index is 0.756. The molecule has 2 aromatic heterocycles. The number of thioether (sulfide) groups is 1. The maximum absolute atomic E-state index is 5.48. The van der Waals surface area contributed by atoms with Crippen molar-refractivity contribution in [1.29, 1.82) is 0 Å². The lowest BCUT2D eigenvalue weighted by Gasteiger charge is -2.25. The van der Waals surface area contributed by atoms with Crippen LogP contribution < -0.4 is 0 Å². The molecule has 1 saturated heterocycles. The molecule has 5 rings (SSSR count). The monoisotopic (exact) mass is 375 g/mol. The van der Waals surface area contributed by atoms with Crippen molar-refractivity contribution in [3.63, 3.8) is 0 Å². The van der Waals surface area contributed by atoms with Crippen molar-refractivity contribution in [2.45, 2.75) is 61.8 Å². The second-order valence-electron chi connectivity index (χ2n) is 7.40. The maximum atomic E-state index is 5.48. The van der Waals surface area contributed by atoms with Gasteiger partial charge in [-0.05, 0) is 37.7 Å². The Labute approximate surface area is 157 Å². The molecule has 134 valence electrons. The third-order valence-electron chi connectivity index (χ3n) is 5.63. The van der Waals surface area contributed by atoms with Crippen molar-refractivity contribution in [2.75, 3.05) is 26.3 Å². The van der Waals surface area contributed by atoms with Gasteiger partial charge in [0, 0.05) is 28.6 Å². The normalized spacial score (nSPS) is 22.1. The van der Waals surface area contributed by atoms with Gasteiger partial charge in [-0.15, -0.1) is 23.1 Å². The van der Waals surface area contributed by atoms with Gasteiger partial charge >= 0.3 is 0 Å². The lowest BCUT2D eigenvalue weighted by Crippen LogP contribution is -2.36. The molecule has 3 heterocycles. The first kappa shape index (κ1) is 16.5. The average Bonchev–Trinajstić information content (AvgIpc) is 3.32. The second-order valence-corrected chi connectivity index (χ2v) is 9.77. The first-order valence-corrected chi connectivity index (χ1v) is 11.3. The predicted octanol–water partition coefficient (Wildman–Crippen LogP) is 4.05. The van der Waals surface area contributed by atoms with Gasteiger partial charge in [-0.2, -0.15) is 0 Å². The maximum Gasteiger partial charge on any atom is 0.145 e. The van der Waals surface area contributed by atoms with Crippen molar-refractivity contribution in [3.8, 4) is 0 Å². The Morgan fingerprint density at radius 3 is 2.76 bits per heavy atom. The highest BCUT2D eigenvalue weighted by Gasteiger charge is 2.25. The Balaban J connectivity index is 1.50. The molecule has 2 aliphatic carbocycles. The minimum absolute atomic E-state index is 0.756. The SMILES string of the molecule is C1Cc2sc3nc(CN4CCOCC4)nc(SC4CCCC4)c3c2C1. The van der Waals surface area contributed by atoms with E-state index in [9.17, 15) is 0 Å². The molecule has 0 N–H and O–H groups in total. The van der Waals surface area contributed by atoms with Crippen LogP contribution in [0.2, 0.25) is 0 Å². The molecule has 0 bridgehead atoms. The van der Waals surface area contributed by atoms with Crippen molar-refractivity contribution < 1.29 is 4.74 Å². The molecule has 0 amide bonds. The molecule has 0 aromatic carbocycles. The van der Waals surface area contributed by atoms with Gasteiger partial charge in [-0.25, -0.2) is 9.97 Å². The van der Waals surface area contributed by atoms with E-state index in [0.717, 1.165) is 43.9 Å². The first-order chi connectivity index (χ1) is 12.4. The molecule has 3 aliphatic rings. The fourth-order valence-corrected chi connectivity index (χ4v) is 7.01. The standard InChI is InChI=1S/C19H25N3OS2/c1-2-5-13(4-1)24-18-17-14-6-3-7-15(14)25-19(17)21-16(20-18)12-22-8-10-23-11-9-22/h13H,1-12H2. The van der Waals surface area contributed by atoms with Crippen LogP contribution in [0.15, 0.2) is 5.03 Å². The molecule has 0 radical (unpaired) electrons. The summed E-state index contributed by atoms with van der Waals surface area (Å²) in [5, 5.41) is 3.44. The lowest BCUT2D eigenvalue weighted by molar-refractivity contribution is 0.0330. The zero-order chi connectivity index (χ0) is 16.6. The van der Waals surface area contributed by atoms with Gasteiger partial charge in [0.05, 0.1) is 19.8 Å². The van der Waals surface area contributed by atoms with Crippen molar-refractivity contribution in [3.05, 3.63) is 16.3 Å². The Hall–Kier alpha value is -0.690. The van der Waals surface area contributed by atoms with E-state index >= 15 is 0 Å². The number of thiophene rings is 1. The topological polar surface area (TPSA) is 38.2 Å². The largest absolute Gasteiger partial charge is 0.379 e. The Kier molecular flexibility index (Phi) is 4.71. The molecule has 6 heteroatoms. The van der Waals surface area contributed by atoms with E-state index in [1.807, 2.05) is 23.1 Å². The average molecular weight is 376 g/mol. The number of aromatic nitrogens is 2. The Morgan fingerprint density at radius 2 is 1.92 bits per heavy atom. The molecular weight excluding hydrogens is 350 g/mol. The number of aryl methyl sites for hydroxylation is 2. The summed E-state index contributed by atoms with van der Waals surface area (Å²) in [5.41, 5.74) is 1.57. The van der Waals surface area contributed by atoms with E-state index in [1.165, 1.54) is 60.2 Å². The molecule has 1 saturated carbocycles. The van der Waals surface area contributed by atoms with Crippen molar-refractivity contribution >= 4 is 33.3 Å². The third kappa shape index (κ3) is 3.34. The van der Waals surface area contributed by atoms with Crippen LogP contribution in [0, 0.1) is 0 Å². The summed E-state index contributed by atoms with van der Waals surface area (Å²) in [6, 6.07) is 0. The summed E-state index contributed by atoms with van der Waals surface area (Å²) in [6.07, 6.45) is 9.23. The second kappa shape index (κ2) is 7.14. The van der Waals surface area contributed by atoms with Crippen LogP contribution in [0.5, 0.6) is 0 Å². The molecule has 4 nitrogen and oxygen atoms in total. The Bertz CT molecular complexity index is 764. The van der Waals surface area contributed by atoms with Gasteiger partial charge < -0.3 is 4.74 Å². The predicted molar refractivity (Wildman–Crippen MR) is 104 cm³/mol. The van der Waals surface area contributed by atoms with E-state index in [4.69, 9.17) is 14.7 Å². The minimum Gasteiger partial charge on any atom is -0.379 e. The van der Waals surface area contributed by atoms with Gasteiger partial charge in [0.1, 0.15) is 15.7 Å². The first-order valence-electron chi connectivity index (χ1n) is 9.65. The number of hydrogen-bond acceptors (Lipinski definition) is 6. The number of ether oxygens (including phenoxy) is 1. The highest BCUT2D eigenvalue weighted by molar-refractivity contribution is 8.00. The van der Waals surface area contributed by atoms with Gasteiger partial charge in [-0.1, -0.05) is 12.8 Å². The van der Waals surface area contributed by atoms with E-state index in [1.54, 1.807) is 10.4 Å². The number of nitrogens with zero attached hydrogens (tertiary/aromatic N) is 3.